The van der Waals surface area contributed by atoms with Gasteiger partial charge in [-0.1, -0.05) is 0 Å². The van der Waals surface area contributed by atoms with E-state index in [1.807, 2.05) is 0 Å². The second-order valence-electron chi connectivity index (χ2n) is 4.69. The topological polar surface area (TPSA) is 75.1 Å². The van der Waals surface area contributed by atoms with Crippen molar-refractivity contribution < 1.29 is 14.3 Å². The van der Waals surface area contributed by atoms with Gasteiger partial charge in [-0.2, -0.15) is 0 Å². The fourth-order valence-corrected chi connectivity index (χ4v) is 2.17. The van der Waals surface area contributed by atoms with E-state index in [4.69, 9.17) is 5.11 Å². The molecule has 3 aromatic rings. The zero-order chi connectivity index (χ0) is 15.7. The number of carbonyl (C=O) groups is 1. The summed E-state index contributed by atoms with van der Waals surface area (Å²) in [5.74, 6) is -0.839. The van der Waals surface area contributed by atoms with Crippen LogP contribution in [-0.4, -0.2) is 28.1 Å². The number of nitrogens with zero attached hydrogens (tertiary/aromatic N) is 2. The van der Waals surface area contributed by atoms with Gasteiger partial charge in [-0.25, -0.2) is 19.2 Å². The molecule has 0 unspecified atom stereocenters. The van der Waals surface area contributed by atoms with Crippen molar-refractivity contribution in [1.29, 1.82) is 0 Å². The molecular formula is C16H12FN3O2. The second-order valence-corrected chi connectivity index (χ2v) is 4.69. The molecule has 6 heteroatoms. The van der Waals surface area contributed by atoms with Gasteiger partial charge in [-0.05, 0) is 42.5 Å². The number of fused-ring (bicyclic) bond motifs is 1. The SMILES string of the molecule is CNc1nc2cc(C(=O)O)ccc2nc1-c1ccc(F)cc1. The number of hydrogen-bond donors (Lipinski definition) is 2. The summed E-state index contributed by atoms with van der Waals surface area (Å²) >= 11 is 0. The van der Waals surface area contributed by atoms with Crippen molar-refractivity contribution in [2.75, 3.05) is 12.4 Å². The Kier molecular flexibility index (Phi) is 3.42. The van der Waals surface area contributed by atoms with E-state index in [9.17, 15) is 9.18 Å². The average Bonchev–Trinajstić information content (AvgIpc) is 2.53. The van der Waals surface area contributed by atoms with Gasteiger partial charge in [0, 0.05) is 12.6 Å². The van der Waals surface area contributed by atoms with E-state index < -0.39 is 5.97 Å². The fourth-order valence-electron chi connectivity index (χ4n) is 2.17. The normalized spacial score (nSPS) is 10.6. The predicted octanol–water partition coefficient (Wildman–Crippen LogP) is 3.18. The molecule has 1 heterocycles. The summed E-state index contributed by atoms with van der Waals surface area (Å²) in [7, 11) is 1.70. The minimum absolute atomic E-state index is 0.151. The Balaban J connectivity index is 2.20. The molecule has 0 amide bonds. The summed E-state index contributed by atoms with van der Waals surface area (Å²) in [6, 6.07) is 10.5. The summed E-state index contributed by atoms with van der Waals surface area (Å²) in [5.41, 5.74) is 2.51. The van der Waals surface area contributed by atoms with Crippen molar-refractivity contribution in [3.8, 4) is 11.3 Å². The largest absolute Gasteiger partial charge is 0.478 e. The molecular weight excluding hydrogens is 285 g/mol. The van der Waals surface area contributed by atoms with Crippen LogP contribution >= 0.6 is 0 Å². The number of benzene rings is 2. The van der Waals surface area contributed by atoms with Crippen LogP contribution in [0.3, 0.4) is 0 Å². The number of anilines is 1. The molecule has 2 N–H and O–H groups in total. The summed E-state index contributed by atoms with van der Waals surface area (Å²) in [4.78, 5) is 19.9. The number of rotatable bonds is 3. The number of carboxylic acids is 1. The lowest BCUT2D eigenvalue weighted by molar-refractivity contribution is 0.0697. The first-order chi connectivity index (χ1) is 10.6. The van der Waals surface area contributed by atoms with Crippen molar-refractivity contribution in [2.24, 2.45) is 0 Å². The van der Waals surface area contributed by atoms with Crippen LogP contribution in [0, 0.1) is 5.82 Å². The Morgan fingerprint density at radius 1 is 1.09 bits per heavy atom. The van der Waals surface area contributed by atoms with Gasteiger partial charge in [0.15, 0.2) is 5.82 Å². The van der Waals surface area contributed by atoms with E-state index in [1.165, 1.54) is 24.3 Å². The molecule has 0 fully saturated rings. The maximum atomic E-state index is 13.1. The Morgan fingerprint density at radius 2 is 1.82 bits per heavy atom. The maximum Gasteiger partial charge on any atom is 0.335 e. The molecule has 0 aliphatic heterocycles. The van der Waals surface area contributed by atoms with Gasteiger partial charge in [0.25, 0.3) is 0 Å². The highest BCUT2D eigenvalue weighted by atomic mass is 19.1. The average molecular weight is 297 g/mol. The van der Waals surface area contributed by atoms with E-state index in [2.05, 4.69) is 15.3 Å². The first kappa shape index (κ1) is 13.9. The number of nitrogens with one attached hydrogen (secondary N) is 1. The molecule has 0 atom stereocenters. The molecule has 0 saturated heterocycles. The minimum atomic E-state index is -1.02. The molecule has 3 rings (SSSR count). The minimum Gasteiger partial charge on any atom is -0.478 e. The summed E-state index contributed by atoms with van der Waals surface area (Å²) in [6.07, 6.45) is 0. The molecule has 0 aliphatic rings. The van der Waals surface area contributed by atoms with Crippen LogP contribution in [0.5, 0.6) is 0 Å². The van der Waals surface area contributed by atoms with Crippen molar-refractivity contribution >= 4 is 22.8 Å². The number of aromatic carboxylic acids is 1. The molecule has 5 nitrogen and oxygen atoms in total. The third-order valence-corrected chi connectivity index (χ3v) is 3.27. The van der Waals surface area contributed by atoms with E-state index in [0.717, 1.165) is 5.56 Å². The van der Waals surface area contributed by atoms with Gasteiger partial charge >= 0.3 is 5.97 Å². The van der Waals surface area contributed by atoms with Crippen molar-refractivity contribution in [3.63, 3.8) is 0 Å². The number of hydrogen-bond acceptors (Lipinski definition) is 4. The Labute approximate surface area is 125 Å². The van der Waals surface area contributed by atoms with E-state index in [-0.39, 0.29) is 11.4 Å². The highest BCUT2D eigenvalue weighted by molar-refractivity contribution is 5.93. The van der Waals surface area contributed by atoms with Gasteiger partial charge in [-0.15, -0.1) is 0 Å². The fraction of sp³-hybridized carbons (Fsp3) is 0.0625. The predicted molar refractivity (Wildman–Crippen MR) is 81.4 cm³/mol. The van der Waals surface area contributed by atoms with Crippen LogP contribution in [0.2, 0.25) is 0 Å². The zero-order valence-electron chi connectivity index (χ0n) is 11.7. The molecule has 0 saturated carbocycles. The lowest BCUT2D eigenvalue weighted by atomic mass is 10.1. The smallest absolute Gasteiger partial charge is 0.335 e. The van der Waals surface area contributed by atoms with E-state index in [1.54, 1.807) is 25.2 Å². The molecule has 2 aromatic carbocycles. The quantitative estimate of drug-likeness (QED) is 0.776. The van der Waals surface area contributed by atoms with Gasteiger partial charge in [0.1, 0.15) is 11.5 Å². The van der Waals surface area contributed by atoms with Crippen LogP contribution in [0.15, 0.2) is 42.5 Å². The van der Waals surface area contributed by atoms with Gasteiger partial charge in [-0.3, -0.25) is 0 Å². The van der Waals surface area contributed by atoms with E-state index >= 15 is 0 Å². The van der Waals surface area contributed by atoms with Crippen molar-refractivity contribution in [2.45, 2.75) is 0 Å². The third-order valence-electron chi connectivity index (χ3n) is 3.27. The second kappa shape index (κ2) is 5.40. The van der Waals surface area contributed by atoms with Crippen LogP contribution in [0.25, 0.3) is 22.3 Å². The first-order valence-electron chi connectivity index (χ1n) is 6.57. The van der Waals surface area contributed by atoms with Crippen molar-refractivity contribution in [1.82, 2.24) is 9.97 Å². The van der Waals surface area contributed by atoms with Crippen molar-refractivity contribution in [3.05, 3.63) is 53.8 Å². The number of halogens is 1. The summed E-state index contributed by atoms with van der Waals surface area (Å²) < 4.78 is 13.1. The molecule has 110 valence electrons. The molecule has 22 heavy (non-hydrogen) atoms. The van der Waals surface area contributed by atoms with Crippen LogP contribution in [0.4, 0.5) is 10.2 Å². The molecule has 0 radical (unpaired) electrons. The number of carboxylic acid groups (broad SMARTS) is 1. The van der Waals surface area contributed by atoms with Crippen LogP contribution in [0.1, 0.15) is 10.4 Å². The van der Waals surface area contributed by atoms with Gasteiger partial charge < -0.3 is 10.4 Å². The first-order valence-corrected chi connectivity index (χ1v) is 6.57. The zero-order valence-corrected chi connectivity index (χ0v) is 11.7. The van der Waals surface area contributed by atoms with E-state index in [0.29, 0.717) is 22.5 Å². The van der Waals surface area contributed by atoms with Crippen LogP contribution in [-0.2, 0) is 0 Å². The summed E-state index contributed by atoms with van der Waals surface area (Å²) in [6.45, 7) is 0. The van der Waals surface area contributed by atoms with Crippen LogP contribution < -0.4 is 5.32 Å². The monoisotopic (exact) mass is 297 g/mol. The lowest BCUT2D eigenvalue weighted by Gasteiger charge is -2.09. The molecule has 1 aromatic heterocycles. The van der Waals surface area contributed by atoms with Gasteiger partial charge in [0.2, 0.25) is 0 Å². The standard InChI is InChI=1S/C16H12FN3O2/c1-18-15-14(9-2-5-11(17)6-3-9)19-12-7-4-10(16(21)22)8-13(12)20-15/h2-8H,1H3,(H,18,20)(H,21,22). The third kappa shape index (κ3) is 2.46. The Bertz CT molecular complexity index is 863. The molecule has 0 bridgehead atoms. The number of aromatic nitrogens is 2. The summed E-state index contributed by atoms with van der Waals surface area (Å²) in [5, 5.41) is 12.0. The highest BCUT2D eigenvalue weighted by Crippen LogP contribution is 2.27. The Morgan fingerprint density at radius 3 is 2.45 bits per heavy atom. The molecule has 0 aliphatic carbocycles. The lowest BCUT2D eigenvalue weighted by Crippen LogP contribution is -2.01. The Hall–Kier alpha value is -3.02. The molecule has 0 spiro atoms. The highest BCUT2D eigenvalue weighted by Gasteiger charge is 2.12. The maximum absolute atomic E-state index is 13.1. The van der Waals surface area contributed by atoms with Gasteiger partial charge in [0.05, 0.1) is 16.6 Å².